The fraction of sp³-hybridized carbons (Fsp3) is 0.480. The fourth-order valence-corrected chi connectivity index (χ4v) is 3.84. The number of hydrogen-bond acceptors (Lipinski definition) is 5. The molecule has 1 aromatic carbocycles. The number of alkyl carbamates (subject to hydrolysis) is 1. The second kappa shape index (κ2) is 9.59. The maximum atomic E-state index is 12.2. The molecule has 2 heterocycles. The lowest BCUT2D eigenvalue weighted by molar-refractivity contribution is 0.0500. The quantitative estimate of drug-likeness (QED) is 0.657. The van der Waals surface area contributed by atoms with Crippen molar-refractivity contribution in [1.29, 1.82) is 0 Å². The fourth-order valence-electron chi connectivity index (χ4n) is 3.84. The van der Waals surface area contributed by atoms with Crippen LogP contribution in [-0.4, -0.2) is 35.2 Å². The van der Waals surface area contributed by atoms with Gasteiger partial charge in [-0.3, -0.25) is 9.78 Å². The summed E-state index contributed by atoms with van der Waals surface area (Å²) in [7, 11) is 0. The van der Waals surface area contributed by atoms with Crippen LogP contribution >= 0.6 is 0 Å². The lowest BCUT2D eigenvalue weighted by Gasteiger charge is -2.23. The third-order valence-corrected chi connectivity index (χ3v) is 5.20. The molecule has 0 aliphatic carbocycles. The van der Waals surface area contributed by atoms with Crippen molar-refractivity contribution in [1.82, 2.24) is 15.6 Å². The Kier molecular flexibility index (Phi) is 7.06. The highest BCUT2D eigenvalue weighted by molar-refractivity contribution is 6.04. The van der Waals surface area contributed by atoms with Gasteiger partial charge < -0.3 is 20.1 Å². The molecule has 3 rings (SSSR count). The third kappa shape index (κ3) is 5.99. The number of fused-ring (bicyclic) bond motifs is 1. The Morgan fingerprint density at radius 2 is 2.00 bits per heavy atom. The number of nitrogens with zero attached hydrogens (tertiary/aromatic N) is 1. The number of aromatic nitrogens is 1. The minimum absolute atomic E-state index is 0.0214. The Morgan fingerprint density at radius 1 is 1.25 bits per heavy atom. The SMILES string of the molecule is Cc1cc(-c2ccnc3c2C(=O)NC3)ccc1OCC(C)CC(C)NC(=O)OC(C)(C)C. The van der Waals surface area contributed by atoms with E-state index in [1.807, 2.05) is 58.9 Å². The van der Waals surface area contributed by atoms with E-state index in [4.69, 9.17) is 9.47 Å². The van der Waals surface area contributed by atoms with E-state index in [9.17, 15) is 9.59 Å². The number of carbonyl (C=O) groups excluding carboxylic acids is 2. The molecular formula is C25H33N3O4. The van der Waals surface area contributed by atoms with E-state index >= 15 is 0 Å². The summed E-state index contributed by atoms with van der Waals surface area (Å²) in [6, 6.07) is 7.81. The highest BCUT2D eigenvalue weighted by Gasteiger charge is 2.24. The number of benzene rings is 1. The molecule has 7 heteroatoms. The first-order valence-electron chi connectivity index (χ1n) is 11.0. The maximum absolute atomic E-state index is 12.2. The minimum Gasteiger partial charge on any atom is -0.493 e. The summed E-state index contributed by atoms with van der Waals surface area (Å²) in [6.45, 7) is 12.6. The molecule has 7 nitrogen and oxygen atoms in total. The van der Waals surface area contributed by atoms with Crippen molar-refractivity contribution in [3.8, 4) is 16.9 Å². The zero-order valence-electron chi connectivity index (χ0n) is 19.7. The zero-order chi connectivity index (χ0) is 23.5. The van der Waals surface area contributed by atoms with E-state index in [0.29, 0.717) is 18.7 Å². The zero-order valence-corrected chi connectivity index (χ0v) is 19.7. The van der Waals surface area contributed by atoms with Gasteiger partial charge in [-0.2, -0.15) is 0 Å². The second-order valence-electron chi connectivity index (χ2n) is 9.54. The molecule has 0 saturated carbocycles. The predicted molar refractivity (Wildman–Crippen MR) is 124 cm³/mol. The molecule has 2 amide bonds. The normalized spacial score (nSPS) is 14.9. The number of ether oxygens (including phenoxy) is 2. The number of pyridine rings is 1. The van der Waals surface area contributed by atoms with Crippen LogP contribution in [0.25, 0.3) is 11.1 Å². The van der Waals surface area contributed by atoms with Crippen LogP contribution < -0.4 is 15.4 Å². The third-order valence-electron chi connectivity index (χ3n) is 5.20. The van der Waals surface area contributed by atoms with Gasteiger partial charge in [-0.15, -0.1) is 0 Å². The predicted octanol–water partition coefficient (Wildman–Crippen LogP) is 4.62. The Labute approximate surface area is 189 Å². The molecule has 172 valence electrons. The average Bonchev–Trinajstić information content (AvgIpc) is 3.06. The molecule has 1 aliphatic rings. The molecule has 1 aliphatic heterocycles. The van der Waals surface area contributed by atoms with Crippen LogP contribution in [-0.2, 0) is 11.3 Å². The molecule has 2 N–H and O–H groups in total. The molecule has 0 spiro atoms. The van der Waals surface area contributed by atoms with Crippen LogP contribution in [0.4, 0.5) is 4.79 Å². The number of nitrogens with one attached hydrogen (secondary N) is 2. The Balaban J connectivity index is 1.57. The summed E-state index contributed by atoms with van der Waals surface area (Å²) in [5, 5.41) is 5.70. The molecule has 32 heavy (non-hydrogen) atoms. The Morgan fingerprint density at radius 3 is 2.69 bits per heavy atom. The molecule has 0 saturated heterocycles. The highest BCUT2D eigenvalue weighted by atomic mass is 16.6. The maximum Gasteiger partial charge on any atom is 0.407 e. The number of carbonyl (C=O) groups is 2. The molecule has 0 fully saturated rings. The van der Waals surface area contributed by atoms with Crippen molar-refractivity contribution in [2.45, 2.75) is 66.2 Å². The summed E-state index contributed by atoms with van der Waals surface area (Å²) in [6.07, 6.45) is 2.11. The molecule has 0 radical (unpaired) electrons. The van der Waals surface area contributed by atoms with Crippen LogP contribution in [0.3, 0.4) is 0 Å². The van der Waals surface area contributed by atoms with Gasteiger partial charge in [0.05, 0.1) is 24.4 Å². The smallest absolute Gasteiger partial charge is 0.407 e. The monoisotopic (exact) mass is 439 g/mol. The van der Waals surface area contributed by atoms with Crippen molar-refractivity contribution < 1.29 is 19.1 Å². The lowest BCUT2D eigenvalue weighted by atomic mass is 9.98. The van der Waals surface area contributed by atoms with Crippen molar-refractivity contribution in [2.75, 3.05) is 6.61 Å². The first-order valence-corrected chi connectivity index (χ1v) is 11.0. The molecule has 1 aromatic heterocycles. The van der Waals surface area contributed by atoms with Crippen LogP contribution in [0.2, 0.25) is 0 Å². The van der Waals surface area contributed by atoms with Crippen molar-refractivity contribution in [3.63, 3.8) is 0 Å². The van der Waals surface area contributed by atoms with Crippen LogP contribution in [0, 0.1) is 12.8 Å². The van der Waals surface area contributed by atoms with Crippen molar-refractivity contribution in [2.24, 2.45) is 5.92 Å². The van der Waals surface area contributed by atoms with Crippen molar-refractivity contribution in [3.05, 3.63) is 47.3 Å². The van der Waals surface area contributed by atoms with Gasteiger partial charge in [-0.1, -0.05) is 13.0 Å². The van der Waals surface area contributed by atoms with E-state index in [0.717, 1.165) is 34.6 Å². The summed E-state index contributed by atoms with van der Waals surface area (Å²) >= 11 is 0. The molecule has 0 bridgehead atoms. The summed E-state index contributed by atoms with van der Waals surface area (Å²) in [5.41, 5.74) is 3.78. The van der Waals surface area contributed by atoms with Gasteiger partial charge in [-0.25, -0.2) is 4.79 Å². The summed E-state index contributed by atoms with van der Waals surface area (Å²) in [4.78, 5) is 28.4. The molecule has 2 aromatic rings. The van der Waals surface area contributed by atoms with Gasteiger partial charge in [0, 0.05) is 12.2 Å². The number of rotatable bonds is 7. The van der Waals surface area contributed by atoms with E-state index < -0.39 is 11.7 Å². The van der Waals surface area contributed by atoms with Gasteiger partial charge in [-0.05, 0) is 81.8 Å². The Hall–Kier alpha value is -3.09. The van der Waals surface area contributed by atoms with E-state index in [2.05, 4.69) is 22.5 Å². The summed E-state index contributed by atoms with van der Waals surface area (Å²) < 4.78 is 11.4. The van der Waals surface area contributed by atoms with E-state index in [1.165, 1.54) is 0 Å². The molecule has 2 atom stereocenters. The highest BCUT2D eigenvalue weighted by Crippen LogP contribution is 2.31. The minimum atomic E-state index is -0.512. The van der Waals surface area contributed by atoms with Gasteiger partial charge in [0.25, 0.3) is 5.91 Å². The van der Waals surface area contributed by atoms with E-state index in [1.54, 1.807) is 6.20 Å². The second-order valence-corrected chi connectivity index (χ2v) is 9.54. The average molecular weight is 440 g/mol. The number of hydrogen-bond donors (Lipinski definition) is 2. The first kappa shape index (κ1) is 23.6. The largest absolute Gasteiger partial charge is 0.493 e. The molecular weight excluding hydrogens is 406 g/mol. The Bertz CT molecular complexity index is 997. The van der Waals surface area contributed by atoms with E-state index in [-0.39, 0.29) is 17.9 Å². The standard InChI is InChI=1S/C25H33N3O4/c1-15(11-17(3)28-24(30)32-25(4,5)6)14-31-21-8-7-18(12-16(21)2)19-9-10-26-20-13-27-23(29)22(19)20/h7-10,12,15,17H,11,13-14H2,1-6H3,(H,27,29)(H,28,30). The molecule has 2 unspecified atom stereocenters. The topological polar surface area (TPSA) is 89.5 Å². The van der Waals surface area contributed by atoms with Crippen LogP contribution in [0.15, 0.2) is 30.5 Å². The summed E-state index contributed by atoms with van der Waals surface area (Å²) in [5.74, 6) is 0.971. The van der Waals surface area contributed by atoms with Crippen molar-refractivity contribution >= 4 is 12.0 Å². The van der Waals surface area contributed by atoms with Crippen LogP contribution in [0.1, 0.15) is 62.7 Å². The lowest BCUT2D eigenvalue weighted by Crippen LogP contribution is -2.38. The first-order chi connectivity index (χ1) is 15.0. The number of aryl methyl sites for hydroxylation is 1. The van der Waals surface area contributed by atoms with Gasteiger partial charge in [0.2, 0.25) is 0 Å². The van der Waals surface area contributed by atoms with Gasteiger partial charge >= 0.3 is 6.09 Å². The van der Waals surface area contributed by atoms with Gasteiger partial charge in [0.1, 0.15) is 11.4 Å². The van der Waals surface area contributed by atoms with Crippen LogP contribution in [0.5, 0.6) is 5.75 Å². The number of amides is 2. The van der Waals surface area contributed by atoms with Gasteiger partial charge in [0.15, 0.2) is 0 Å².